The molecule has 1 N–H and O–H groups in total. The van der Waals surface area contributed by atoms with Crippen molar-refractivity contribution in [2.75, 3.05) is 13.1 Å². The third-order valence-corrected chi connectivity index (χ3v) is 5.00. The molecule has 2 aliphatic rings. The molecule has 2 heteroatoms. The zero-order chi connectivity index (χ0) is 12.3. The predicted octanol–water partition coefficient (Wildman–Crippen LogP) is 3.19. The van der Waals surface area contributed by atoms with Crippen LogP contribution in [-0.2, 0) is 0 Å². The van der Waals surface area contributed by atoms with E-state index in [0.29, 0.717) is 6.04 Å². The lowest BCUT2D eigenvalue weighted by atomic mass is 9.81. The molecule has 0 bridgehead atoms. The van der Waals surface area contributed by atoms with Gasteiger partial charge in [-0.3, -0.25) is 4.90 Å². The standard InChI is InChI=1S/C15H29NO/c1-3-5-7-13(4-2)12-15(17)9-11-16-10-6-8-14(15)16/h13-14,17H,3-12H2,1-2H3. The van der Waals surface area contributed by atoms with Gasteiger partial charge < -0.3 is 5.11 Å². The summed E-state index contributed by atoms with van der Waals surface area (Å²) in [4.78, 5) is 2.52. The molecule has 2 fully saturated rings. The Kier molecular flexibility index (Phi) is 4.48. The predicted molar refractivity (Wildman–Crippen MR) is 72.1 cm³/mol. The van der Waals surface area contributed by atoms with Gasteiger partial charge >= 0.3 is 0 Å². The Morgan fingerprint density at radius 3 is 2.88 bits per heavy atom. The van der Waals surface area contributed by atoms with Gasteiger partial charge in [-0.05, 0) is 38.1 Å². The Bertz CT molecular complexity index is 243. The van der Waals surface area contributed by atoms with Gasteiger partial charge in [-0.25, -0.2) is 0 Å². The summed E-state index contributed by atoms with van der Waals surface area (Å²) in [6, 6.07) is 0.484. The van der Waals surface area contributed by atoms with Crippen molar-refractivity contribution in [1.29, 1.82) is 0 Å². The van der Waals surface area contributed by atoms with E-state index in [2.05, 4.69) is 18.7 Å². The van der Waals surface area contributed by atoms with Gasteiger partial charge in [0.05, 0.1) is 5.60 Å². The van der Waals surface area contributed by atoms with Crippen LogP contribution in [0.5, 0.6) is 0 Å². The summed E-state index contributed by atoms with van der Waals surface area (Å²) in [5, 5.41) is 10.9. The van der Waals surface area contributed by atoms with E-state index in [1.54, 1.807) is 0 Å². The van der Waals surface area contributed by atoms with Gasteiger partial charge in [0.15, 0.2) is 0 Å². The third kappa shape index (κ3) is 2.85. The molecule has 2 rings (SSSR count). The first-order chi connectivity index (χ1) is 8.19. The molecule has 0 saturated carbocycles. The Hall–Kier alpha value is -0.0800. The van der Waals surface area contributed by atoms with Crippen molar-refractivity contribution in [1.82, 2.24) is 4.90 Å². The first kappa shape index (κ1) is 13.4. The molecule has 2 heterocycles. The summed E-state index contributed by atoms with van der Waals surface area (Å²) in [6.45, 7) is 6.89. The van der Waals surface area contributed by atoms with Gasteiger partial charge in [-0.2, -0.15) is 0 Å². The van der Waals surface area contributed by atoms with Gasteiger partial charge in [0.1, 0.15) is 0 Å². The molecule has 2 aliphatic heterocycles. The number of hydrogen-bond acceptors (Lipinski definition) is 2. The van der Waals surface area contributed by atoms with Crippen LogP contribution in [0.4, 0.5) is 0 Å². The average Bonchev–Trinajstić information content (AvgIpc) is 2.90. The summed E-state index contributed by atoms with van der Waals surface area (Å²) in [5.74, 6) is 0.737. The monoisotopic (exact) mass is 239 g/mol. The zero-order valence-electron chi connectivity index (χ0n) is 11.6. The molecular weight excluding hydrogens is 210 g/mol. The maximum atomic E-state index is 10.9. The van der Waals surface area contributed by atoms with E-state index in [1.165, 1.54) is 45.1 Å². The second kappa shape index (κ2) is 5.71. The molecule has 2 nitrogen and oxygen atoms in total. The molecule has 0 radical (unpaired) electrons. The van der Waals surface area contributed by atoms with Crippen molar-refractivity contribution in [3.05, 3.63) is 0 Å². The molecule has 2 saturated heterocycles. The fraction of sp³-hybridized carbons (Fsp3) is 1.00. The normalized spacial score (nSPS) is 35.1. The van der Waals surface area contributed by atoms with Crippen LogP contribution in [0.15, 0.2) is 0 Å². The van der Waals surface area contributed by atoms with Gasteiger partial charge in [-0.1, -0.05) is 39.5 Å². The largest absolute Gasteiger partial charge is 0.388 e. The highest BCUT2D eigenvalue weighted by Crippen LogP contribution is 2.41. The molecule has 0 aromatic rings. The van der Waals surface area contributed by atoms with E-state index in [-0.39, 0.29) is 5.60 Å². The summed E-state index contributed by atoms with van der Waals surface area (Å²) >= 11 is 0. The second-order valence-electron chi connectivity index (χ2n) is 6.17. The number of hydrogen-bond donors (Lipinski definition) is 1. The van der Waals surface area contributed by atoms with Crippen molar-refractivity contribution in [3.63, 3.8) is 0 Å². The molecule has 3 atom stereocenters. The Morgan fingerprint density at radius 2 is 2.18 bits per heavy atom. The molecule has 0 aromatic heterocycles. The van der Waals surface area contributed by atoms with Crippen LogP contribution in [0.3, 0.4) is 0 Å². The highest BCUT2D eigenvalue weighted by Gasteiger charge is 2.48. The molecule has 0 aromatic carbocycles. The van der Waals surface area contributed by atoms with Crippen LogP contribution in [0.25, 0.3) is 0 Å². The van der Waals surface area contributed by atoms with Gasteiger partial charge in [-0.15, -0.1) is 0 Å². The molecule has 17 heavy (non-hydrogen) atoms. The van der Waals surface area contributed by atoms with Gasteiger partial charge in [0.2, 0.25) is 0 Å². The minimum atomic E-state index is -0.356. The van der Waals surface area contributed by atoms with Crippen molar-refractivity contribution in [2.45, 2.75) is 76.9 Å². The lowest BCUT2D eigenvalue weighted by Crippen LogP contribution is -2.42. The number of fused-ring (bicyclic) bond motifs is 1. The molecular formula is C15H29NO. The Labute approximate surface area is 106 Å². The smallest absolute Gasteiger partial charge is 0.0817 e. The molecule has 0 spiro atoms. The maximum absolute atomic E-state index is 10.9. The first-order valence-corrected chi connectivity index (χ1v) is 7.66. The SMILES string of the molecule is CCCCC(CC)CC1(O)CCN2CCCC21. The minimum absolute atomic E-state index is 0.356. The quantitative estimate of drug-likeness (QED) is 0.769. The molecule has 100 valence electrons. The van der Waals surface area contributed by atoms with Crippen LogP contribution in [0.2, 0.25) is 0 Å². The summed E-state index contributed by atoms with van der Waals surface area (Å²) in [6.07, 6.45) is 9.72. The lowest BCUT2D eigenvalue weighted by molar-refractivity contribution is -0.0101. The molecule has 0 amide bonds. The second-order valence-corrected chi connectivity index (χ2v) is 6.17. The van der Waals surface area contributed by atoms with E-state index in [4.69, 9.17) is 0 Å². The van der Waals surface area contributed by atoms with Crippen LogP contribution in [0.1, 0.15) is 65.2 Å². The average molecular weight is 239 g/mol. The Morgan fingerprint density at radius 1 is 1.35 bits per heavy atom. The van der Waals surface area contributed by atoms with Gasteiger partial charge in [0, 0.05) is 12.6 Å². The van der Waals surface area contributed by atoms with Crippen molar-refractivity contribution in [2.24, 2.45) is 5.92 Å². The van der Waals surface area contributed by atoms with Crippen LogP contribution in [-0.4, -0.2) is 34.7 Å². The van der Waals surface area contributed by atoms with Crippen LogP contribution >= 0.6 is 0 Å². The van der Waals surface area contributed by atoms with Gasteiger partial charge in [0.25, 0.3) is 0 Å². The summed E-state index contributed by atoms with van der Waals surface area (Å²) in [7, 11) is 0. The number of nitrogens with zero attached hydrogens (tertiary/aromatic N) is 1. The molecule has 0 aliphatic carbocycles. The number of aliphatic hydroxyl groups is 1. The summed E-state index contributed by atoms with van der Waals surface area (Å²) in [5.41, 5.74) is -0.356. The van der Waals surface area contributed by atoms with E-state index >= 15 is 0 Å². The van der Waals surface area contributed by atoms with E-state index in [1.807, 2.05) is 0 Å². The number of unbranched alkanes of at least 4 members (excludes halogenated alkanes) is 1. The Balaban J connectivity index is 1.91. The molecule has 3 unspecified atom stereocenters. The zero-order valence-corrected chi connectivity index (χ0v) is 11.6. The van der Waals surface area contributed by atoms with Crippen molar-refractivity contribution >= 4 is 0 Å². The fourth-order valence-corrected chi connectivity index (χ4v) is 3.89. The highest BCUT2D eigenvalue weighted by molar-refractivity contribution is 5.03. The topological polar surface area (TPSA) is 23.5 Å². The maximum Gasteiger partial charge on any atom is 0.0817 e. The summed E-state index contributed by atoms with van der Waals surface area (Å²) < 4.78 is 0. The fourth-order valence-electron chi connectivity index (χ4n) is 3.89. The van der Waals surface area contributed by atoms with E-state index in [9.17, 15) is 5.11 Å². The first-order valence-electron chi connectivity index (χ1n) is 7.66. The van der Waals surface area contributed by atoms with Crippen LogP contribution in [0, 0.1) is 5.92 Å². The lowest BCUT2D eigenvalue weighted by Gasteiger charge is -2.33. The van der Waals surface area contributed by atoms with E-state index < -0.39 is 0 Å². The third-order valence-electron chi connectivity index (χ3n) is 5.00. The number of rotatable bonds is 6. The minimum Gasteiger partial charge on any atom is -0.388 e. The highest BCUT2D eigenvalue weighted by atomic mass is 16.3. The van der Waals surface area contributed by atoms with Crippen molar-refractivity contribution < 1.29 is 5.11 Å². The van der Waals surface area contributed by atoms with Crippen molar-refractivity contribution in [3.8, 4) is 0 Å². The van der Waals surface area contributed by atoms with Crippen LogP contribution < -0.4 is 0 Å². The van der Waals surface area contributed by atoms with E-state index in [0.717, 1.165) is 25.3 Å².